The molecule has 0 fully saturated rings. The first kappa shape index (κ1) is 24.7. The Hall–Kier alpha value is -3.39. The van der Waals surface area contributed by atoms with Crippen LogP contribution in [0.3, 0.4) is 0 Å². The SMILES string of the molecule is CC.COc1cc2c(cc1-c1c(C)noc1C)ncc1nc(SC(C)C)n(Cc3ccccn3)c12. The summed E-state index contributed by atoms with van der Waals surface area (Å²) in [6.07, 6.45) is 3.67. The Morgan fingerprint density at radius 1 is 1.09 bits per heavy atom. The predicted octanol–water partition coefficient (Wildman–Crippen LogP) is 6.83. The first-order chi connectivity index (χ1) is 17.0. The second-order valence-corrected chi connectivity index (χ2v) is 9.77. The number of methoxy groups -OCH3 is 1. The summed E-state index contributed by atoms with van der Waals surface area (Å²) in [7, 11) is 1.68. The molecule has 0 bridgehead atoms. The largest absolute Gasteiger partial charge is 0.496 e. The maximum atomic E-state index is 5.82. The van der Waals surface area contributed by atoms with E-state index in [1.54, 1.807) is 18.9 Å². The van der Waals surface area contributed by atoms with Gasteiger partial charge in [0, 0.05) is 22.4 Å². The van der Waals surface area contributed by atoms with Gasteiger partial charge in [-0.15, -0.1) is 0 Å². The standard InChI is InChI=1S/C25H25N5O2S.C2H6/c1-14(2)33-25-28-21-12-27-20-10-19(23-15(3)29-32-16(23)4)22(31-5)11-18(20)24(21)30(25)13-17-8-6-7-9-26-17;1-2/h6-12,14H,13H2,1-5H3;1-2H3. The van der Waals surface area contributed by atoms with Gasteiger partial charge in [-0.25, -0.2) is 4.98 Å². The Bertz CT molecular complexity index is 1440. The van der Waals surface area contributed by atoms with E-state index in [2.05, 4.69) is 28.6 Å². The van der Waals surface area contributed by atoms with E-state index >= 15 is 0 Å². The topological polar surface area (TPSA) is 78.9 Å². The van der Waals surface area contributed by atoms with Crippen LogP contribution in [0.4, 0.5) is 0 Å². The van der Waals surface area contributed by atoms with Crippen LogP contribution in [0.2, 0.25) is 0 Å². The van der Waals surface area contributed by atoms with E-state index in [9.17, 15) is 0 Å². The smallest absolute Gasteiger partial charge is 0.169 e. The fourth-order valence-corrected chi connectivity index (χ4v) is 5.01. The molecule has 0 aliphatic carbocycles. The second kappa shape index (κ2) is 10.5. The number of aryl methyl sites for hydroxylation is 2. The highest BCUT2D eigenvalue weighted by molar-refractivity contribution is 7.99. The van der Waals surface area contributed by atoms with E-state index in [0.717, 1.165) is 61.1 Å². The van der Waals surface area contributed by atoms with Crippen molar-refractivity contribution in [3.63, 3.8) is 0 Å². The highest BCUT2D eigenvalue weighted by Gasteiger charge is 2.21. The fourth-order valence-electron chi connectivity index (χ4n) is 4.15. The highest BCUT2D eigenvalue weighted by atomic mass is 32.2. The summed E-state index contributed by atoms with van der Waals surface area (Å²) in [5.74, 6) is 1.50. The molecule has 35 heavy (non-hydrogen) atoms. The van der Waals surface area contributed by atoms with Crippen molar-refractivity contribution in [1.29, 1.82) is 0 Å². The Labute approximate surface area is 209 Å². The number of fused-ring (bicyclic) bond motifs is 3. The van der Waals surface area contributed by atoms with Gasteiger partial charge in [0.05, 0.1) is 47.8 Å². The number of benzene rings is 1. The Morgan fingerprint density at radius 3 is 2.51 bits per heavy atom. The molecule has 5 aromatic rings. The number of ether oxygens (including phenoxy) is 1. The van der Waals surface area contributed by atoms with Crippen molar-refractivity contribution >= 4 is 33.7 Å². The van der Waals surface area contributed by atoms with Gasteiger partial charge >= 0.3 is 0 Å². The number of pyridine rings is 2. The first-order valence-electron chi connectivity index (χ1n) is 11.8. The minimum atomic E-state index is 0.393. The zero-order valence-corrected chi connectivity index (χ0v) is 22.1. The predicted molar refractivity (Wildman–Crippen MR) is 142 cm³/mol. The lowest BCUT2D eigenvalue weighted by Gasteiger charge is -2.13. The third-order valence-electron chi connectivity index (χ3n) is 5.55. The van der Waals surface area contributed by atoms with Gasteiger partial charge in [-0.3, -0.25) is 9.97 Å². The molecule has 5 rings (SSSR count). The molecule has 0 spiro atoms. The summed E-state index contributed by atoms with van der Waals surface area (Å²) >= 11 is 1.74. The van der Waals surface area contributed by atoms with Gasteiger partial charge < -0.3 is 13.8 Å². The third-order valence-corrected chi connectivity index (χ3v) is 6.54. The van der Waals surface area contributed by atoms with Crippen molar-refractivity contribution in [3.05, 3.63) is 59.9 Å². The number of imidazole rings is 1. The van der Waals surface area contributed by atoms with Crippen LogP contribution in [0.5, 0.6) is 5.75 Å². The monoisotopic (exact) mass is 489 g/mol. The average molecular weight is 490 g/mol. The van der Waals surface area contributed by atoms with Crippen molar-refractivity contribution in [2.75, 3.05) is 7.11 Å². The lowest BCUT2D eigenvalue weighted by atomic mass is 10.0. The molecule has 0 atom stereocenters. The zero-order valence-electron chi connectivity index (χ0n) is 21.3. The molecular formula is C27H31N5O2S. The fraction of sp³-hybridized carbons (Fsp3) is 0.333. The molecule has 0 radical (unpaired) electrons. The van der Waals surface area contributed by atoms with Crippen molar-refractivity contribution in [3.8, 4) is 16.9 Å². The van der Waals surface area contributed by atoms with Gasteiger partial charge in [-0.1, -0.05) is 50.7 Å². The normalized spacial score (nSPS) is 11.2. The molecule has 1 aromatic carbocycles. The minimum Gasteiger partial charge on any atom is -0.496 e. The van der Waals surface area contributed by atoms with E-state index in [4.69, 9.17) is 19.2 Å². The summed E-state index contributed by atoms with van der Waals surface area (Å²) in [6.45, 7) is 12.8. The van der Waals surface area contributed by atoms with Crippen LogP contribution in [-0.2, 0) is 6.54 Å². The van der Waals surface area contributed by atoms with Crippen molar-refractivity contribution < 1.29 is 9.26 Å². The average Bonchev–Trinajstić information content (AvgIpc) is 3.38. The quantitative estimate of drug-likeness (QED) is 0.242. The molecule has 0 saturated carbocycles. The summed E-state index contributed by atoms with van der Waals surface area (Å²) < 4.78 is 13.5. The first-order valence-corrected chi connectivity index (χ1v) is 12.7. The number of thioether (sulfide) groups is 1. The Balaban J connectivity index is 0.00000141. The summed E-state index contributed by atoms with van der Waals surface area (Å²) in [5, 5.41) is 6.45. The Kier molecular flexibility index (Phi) is 7.40. The van der Waals surface area contributed by atoms with Crippen LogP contribution in [0.25, 0.3) is 33.1 Å². The Morgan fingerprint density at radius 2 is 1.89 bits per heavy atom. The summed E-state index contributed by atoms with van der Waals surface area (Å²) in [4.78, 5) is 14.2. The molecule has 0 unspecified atom stereocenters. The summed E-state index contributed by atoms with van der Waals surface area (Å²) in [5.41, 5.74) is 6.40. The molecule has 4 aromatic heterocycles. The van der Waals surface area contributed by atoms with Crippen LogP contribution < -0.4 is 4.74 Å². The lowest BCUT2D eigenvalue weighted by molar-refractivity contribution is 0.393. The number of hydrogen-bond donors (Lipinski definition) is 0. The third kappa shape index (κ3) is 4.75. The van der Waals surface area contributed by atoms with Gasteiger partial charge in [-0.05, 0) is 38.1 Å². The number of rotatable bonds is 6. The van der Waals surface area contributed by atoms with Crippen LogP contribution >= 0.6 is 11.8 Å². The molecule has 0 aliphatic rings. The number of hydrogen-bond acceptors (Lipinski definition) is 7. The molecule has 8 heteroatoms. The van der Waals surface area contributed by atoms with Crippen LogP contribution in [0.15, 0.2) is 52.4 Å². The zero-order chi connectivity index (χ0) is 25.1. The van der Waals surface area contributed by atoms with Crippen molar-refractivity contribution in [2.24, 2.45) is 0 Å². The maximum absolute atomic E-state index is 5.82. The van der Waals surface area contributed by atoms with Gasteiger partial charge in [0.1, 0.15) is 17.0 Å². The number of aromatic nitrogens is 5. The maximum Gasteiger partial charge on any atom is 0.169 e. The van der Waals surface area contributed by atoms with Gasteiger partial charge in [-0.2, -0.15) is 0 Å². The molecule has 4 heterocycles. The van der Waals surface area contributed by atoms with Crippen molar-refractivity contribution in [1.82, 2.24) is 24.7 Å². The molecule has 0 aliphatic heterocycles. The summed E-state index contributed by atoms with van der Waals surface area (Å²) in [6, 6.07) is 10.1. The van der Waals surface area contributed by atoms with Gasteiger partial charge in [0.25, 0.3) is 0 Å². The van der Waals surface area contributed by atoms with Crippen molar-refractivity contribution in [2.45, 2.75) is 58.5 Å². The van der Waals surface area contributed by atoms with E-state index < -0.39 is 0 Å². The molecule has 0 N–H and O–H groups in total. The lowest BCUT2D eigenvalue weighted by Crippen LogP contribution is -2.05. The highest BCUT2D eigenvalue weighted by Crippen LogP contribution is 2.40. The van der Waals surface area contributed by atoms with E-state index in [1.165, 1.54) is 0 Å². The molecule has 7 nitrogen and oxygen atoms in total. The van der Waals surface area contributed by atoms with Crippen LogP contribution in [-0.4, -0.2) is 37.0 Å². The molecule has 0 saturated heterocycles. The molecule has 0 amide bonds. The van der Waals surface area contributed by atoms with Gasteiger partial charge in [0.2, 0.25) is 0 Å². The second-order valence-electron chi connectivity index (χ2n) is 8.23. The van der Waals surface area contributed by atoms with Crippen LogP contribution in [0.1, 0.15) is 44.8 Å². The van der Waals surface area contributed by atoms with E-state index in [1.807, 2.05) is 70.4 Å². The van der Waals surface area contributed by atoms with E-state index in [0.29, 0.717) is 11.8 Å². The molecular weight excluding hydrogens is 458 g/mol. The van der Waals surface area contributed by atoms with E-state index in [-0.39, 0.29) is 0 Å². The van der Waals surface area contributed by atoms with Crippen LogP contribution in [0, 0.1) is 13.8 Å². The number of nitrogens with zero attached hydrogens (tertiary/aromatic N) is 5. The van der Waals surface area contributed by atoms with Gasteiger partial charge in [0.15, 0.2) is 5.16 Å². The minimum absolute atomic E-state index is 0.393. The molecule has 182 valence electrons.